The first-order valence-electron chi connectivity index (χ1n) is 8.31. The highest BCUT2D eigenvalue weighted by Gasteiger charge is 2.22. The Hall–Kier alpha value is -3.12. The van der Waals surface area contributed by atoms with E-state index in [2.05, 4.69) is 59.8 Å². The Bertz CT molecular complexity index is 1190. The van der Waals surface area contributed by atoms with Gasteiger partial charge < -0.3 is 4.42 Å². The van der Waals surface area contributed by atoms with Crippen LogP contribution in [0.2, 0.25) is 0 Å². The summed E-state index contributed by atoms with van der Waals surface area (Å²) >= 11 is 0. The normalized spacial score (nSPS) is 11.2. The fourth-order valence-corrected chi connectivity index (χ4v) is 3.47. The summed E-state index contributed by atoms with van der Waals surface area (Å²) in [4.78, 5) is 3.70. The van der Waals surface area contributed by atoms with E-state index >= 15 is 0 Å². The summed E-state index contributed by atoms with van der Waals surface area (Å²) in [7, 11) is 2.05. The summed E-state index contributed by atoms with van der Waals surface area (Å²) in [6.45, 7) is 13.7. The van der Waals surface area contributed by atoms with E-state index in [0.717, 1.165) is 38.7 Å². The molecule has 3 heteroatoms. The maximum atomic E-state index is 7.52. The molecule has 0 unspecified atom stereocenters. The van der Waals surface area contributed by atoms with Gasteiger partial charge in [-0.15, -0.1) is 0 Å². The average molecular weight is 327 g/mol. The van der Waals surface area contributed by atoms with Crippen molar-refractivity contribution in [1.29, 1.82) is 0 Å². The van der Waals surface area contributed by atoms with Gasteiger partial charge >= 0.3 is 0 Å². The first kappa shape index (κ1) is 15.4. The minimum Gasteiger partial charge on any atom is -0.466 e. The highest BCUT2D eigenvalue weighted by molar-refractivity contribution is 6.13. The molecule has 0 aliphatic carbocycles. The second kappa shape index (κ2) is 5.46. The summed E-state index contributed by atoms with van der Waals surface area (Å²) in [5.74, 6) is 0. The molecule has 2 aromatic heterocycles. The van der Waals surface area contributed by atoms with E-state index < -0.39 is 0 Å². The molecule has 0 fully saturated rings. The minimum atomic E-state index is 0.603. The van der Waals surface area contributed by atoms with E-state index in [4.69, 9.17) is 11.0 Å². The second-order valence-electron chi connectivity index (χ2n) is 6.66. The summed E-state index contributed by atoms with van der Waals surface area (Å²) in [5.41, 5.74) is 7.66. The van der Waals surface area contributed by atoms with Crippen LogP contribution in [0.4, 0.5) is 5.69 Å². The zero-order valence-electron chi connectivity index (χ0n) is 14.8. The van der Waals surface area contributed by atoms with Crippen LogP contribution in [0.3, 0.4) is 0 Å². The lowest BCUT2D eigenvalue weighted by Crippen LogP contribution is -2.30. The number of hydrogen-bond donors (Lipinski definition) is 0. The van der Waals surface area contributed by atoms with E-state index in [1.54, 1.807) is 0 Å². The lowest BCUT2D eigenvalue weighted by atomic mass is 9.99. The largest absolute Gasteiger partial charge is 0.466 e. The maximum Gasteiger partial charge on any atom is 0.232 e. The van der Waals surface area contributed by atoms with Gasteiger partial charge in [0.1, 0.15) is 18.2 Å². The molecule has 0 saturated heterocycles. The van der Waals surface area contributed by atoms with Crippen molar-refractivity contribution in [3.05, 3.63) is 70.7 Å². The maximum absolute atomic E-state index is 7.52. The lowest BCUT2D eigenvalue weighted by Gasteiger charge is -2.06. The van der Waals surface area contributed by atoms with Gasteiger partial charge in [-0.05, 0) is 37.5 Å². The number of rotatable bonds is 1. The molecule has 3 nitrogen and oxygen atoms in total. The van der Waals surface area contributed by atoms with Gasteiger partial charge in [0, 0.05) is 22.9 Å². The molecule has 122 valence electrons. The Morgan fingerprint density at radius 3 is 2.32 bits per heavy atom. The number of aryl methyl sites for hydroxylation is 4. The standard InChI is InChI=1S/C22H19N2O/c1-13-10-11-24(5)18(12-13)19-14(2)6-8-16-17-9-7-15(3)20(23-4)22(17)25-21(16)19/h6-12H,1-3,5H3/q+1. The SMILES string of the molecule is [C-]#[N+]c1c(C)ccc2c1oc1c(-c3cc(C)cc[n+]3C)c(C)ccc12. The van der Waals surface area contributed by atoms with E-state index in [0.29, 0.717) is 11.3 Å². The summed E-state index contributed by atoms with van der Waals surface area (Å²) in [6.07, 6.45) is 2.07. The van der Waals surface area contributed by atoms with E-state index in [9.17, 15) is 0 Å². The monoisotopic (exact) mass is 327 g/mol. The molecule has 0 amide bonds. The van der Waals surface area contributed by atoms with Crippen molar-refractivity contribution >= 4 is 27.6 Å². The third-order valence-electron chi connectivity index (χ3n) is 4.87. The molecule has 4 aromatic rings. The minimum absolute atomic E-state index is 0.603. The third kappa shape index (κ3) is 2.22. The molecule has 0 spiro atoms. The molecule has 0 aliphatic heterocycles. The van der Waals surface area contributed by atoms with Gasteiger partial charge in [-0.2, -0.15) is 0 Å². The van der Waals surface area contributed by atoms with Crippen LogP contribution in [0.1, 0.15) is 16.7 Å². The molecule has 0 saturated carbocycles. The molecule has 25 heavy (non-hydrogen) atoms. The molecular formula is C22H19N2O+. The van der Waals surface area contributed by atoms with Gasteiger partial charge in [-0.3, -0.25) is 0 Å². The number of hydrogen-bond acceptors (Lipinski definition) is 1. The predicted molar refractivity (Wildman–Crippen MR) is 101 cm³/mol. The van der Waals surface area contributed by atoms with Gasteiger partial charge in [0.25, 0.3) is 0 Å². The number of furan rings is 1. The van der Waals surface area contributed by atoms with Crippen LogP contribution >= 0.6 is 0 Å². The zero-order chi connectivity index (χ0) is 17.7. The van der Waals surface area contributed by atoms with Gasteiger partial charge in [-0.1, -0.05) is 24.3 Å². The van der Waals surface area contributed by atoms with E-state index in [-0.39, 0.29) is 0 Å². The van der Waals surface area contributed by atoms with Crippen LogP contribution in [-0.4, -0.2) is 0 Å². The predicted octanol–water partition coefficient (Wildman–Crippen LogP) is 5.55. The Morgan fingerprint density at radius 1 is 0.920 bits per heavy atom. The molecule has 2 heterocycles. The number of nitrogens with zero attached hydrogens (tertiary/aromatic N) is 2. The van der Waals surface area contributed by atoms with Crippen LogP contribution in [-0.2, 0) is 7.05 Å². The Labute approximate surface area is 147 Å². The van der Waals surface area contributed by atoms with Crippen LogP contribution in [0.5, 0.6) is 0 Å². The number of fused-ring (bicyclic) bond motifs is 3. The summed E-state index contributed by atoms with van der Waals surface area (Å²) in [5, 5.41) is 2.06. The van der Waals surface area contributed by atoms with Gasteiger partial charge in [0.2, 0.25) is 11.4 Å². The smallest absolute Gasteiger partial charge is 0.232 e. The van der Waals surface area contributed by atoms with E-state index in [1.165, 1.54) is 5.56 Å². The fourth-order valence-electron chi connectivity index (χ4n) is 3.47. The van der Waals surface area contributed by atoms with Crippen molar-refractivity contribution in [2.75, 3.05) is 0 Å². The van der Waals surface area contributed by atoms with Crippen molar-refractivity contribution in [3.8, 4) is 11.3 Å². The number of pyridine rings is 1. The molecule has 4 rings (SSSR count). The summed E-state index contributed by atoms with van der Waals surface area (Å²) < 4.78 is 8.40. The van der Waals surface area contributed by atoms with Crippen LogP contribution in [0.15, 0.2) is 47.0 Å². The quantitative estimate of drug-likeness (QED) is 0.331. The molecule has 0 atom stereocenters. The molecular weight excluding hydrogens is 308 g/mol. The highest BCUT2D eigenvalue weighted by atomic mass is 16.3. The number of aromatic nitrogens is 1. The highest BCUT2D eigenvalue weighted by Crippen LogP contribution is 2.41. The van der Waals surface area contributed by atoms with Gasteiger partial charge in [0.05, 0.1) is 12.1 Å². The van der Waals surface area contributed by atoms with Gasteiger partial charge in [-0.25, -0.2) is 9.41 Å². The lowest BCUT2D eigenvalue weighted by molar-refractivity contribution is -0.660. The van der Waals surface area contributed by atoms with Crippen LogP contribution in [0, 0.1) is 27.3 Å². The topological polar surface area (TPSA) is 21.4 Å². The first-order chi connectivity index (χ1) is 12.0. The summed E-state index contributed by atoms with van der Waals surface area (Å²) in [6, 6.07) is 12.6. The molecule has 0 radical (unpaired) electrons. The van der Waals surface area contributed by atoms with Crippen molar-refractivity contribution in [2.45, 2.75) is 20.8 Å². The van der Waals surface area contributed by atoms with E-state index in [1.807, 2.05) is 20.0 Å². The fraction of sp³-hybridized carbons (Fsp3) is 0.182. The molecule has 0 aliphatic rings. The Morgan fingerprint density at radius 2 is 1.60 bits per heavy atom. The van der Waals surface area contributed by atoms with Crippen molar-refractivity contribution < 1.29 is 8.98 Å². The van der Waals surface area contributed by atoms with Crippen LogP contribution in [0.25, 0.3) is 38.0 Å². The van der Waals surface area contributed by atoms with Crippen molar-refractivity contribution in [2.24, 2.45) is 7.05 Å². The average Bonchev–Trinajstić information content (AvgIpc) is 2.95. The Kier molecular flexibility index (Phi) is 3.36. The zero-order valence-corrected chi connectivity index (χ0v) is 14.8. The number of benzene rings is 2. The second-order valence-corrected chi connectivity index (χ2v) is 6.66. The molecule has 0 bridgehead atoms. The van der Waals surface area contributed by atoms with Crippen molar-refractivity contribution in [1.82, 2.24) is 0 Å². The van der Waals surface area contributed by atoms with Crippen molar-refractivity contribution in [3.63, 3.8) is 0 Å². The Balaban J connectivity index is 2.19. The molecule has 2 aromatic carbocycles. The van der Waals surface area contributed by atoms with Gasteiger partial charge in [0.15, 0.2) is 6.20 Å². The first-order valence-corrected chi connectivity index (χ1v) is 8.31. The van der Waals surface area contributed by atoms with Crippen LogP contribution < -0.4 is 4.57 Å². The molecule has 0 N–H and O–H groups in total. The third-order valence-corrected chi connectivity index (χ3v) is 4.87.